The molecule has 0 heterocycles. The number of hydrogen-bond donors (Lipinski definition) is 1. The zero-order valence-electron chi connectivity index (χ0n) is 12.2. The van der Waals surface area contributed by atoms with Gasteiger partial charge in [0.1, 0.15) is 0 Å². The van der Waals surface area contributed by atoms with Gasteiger partial charge >= 0.3 is 0 Å². The highest BCUT2D eigenvalue weighted by Crippen LogP contribution is 2.19. The average Bonchev–Trinajstić information content (AvgIpc) is 2.46. The van der Waals surface area contributed by atoms with Gasteiger partial charge in [0.2, 0.25) is 9.84 Å². The van der Waals surface area contributed by atoms with Crippen molar-refractivity contribution in [2.45, 2.75) is 44.6 Å². The van der Waals surface area contributed by atoms with E-state index in [1.165, 1.54) is 0 Å². The summed E-state index contributed by atoms with van der Waals surface area (Å²) in [7, 11) is -3.39. The molecule has 20 heavy (non-hydrogen) atoms. The van der Waals surface area contributed by atoms with Crippen LogP contribution in [0.5, 0.6) is 0 Å². The highest BCUT2D eigenvalue weighted by molar-refractivity contribution is 7.95. The summed E-state index contributed by atoms with van der Waals surface area (Å²) in [5.41, 5.74) is 0.869. The van der Waals surface area contributed by atoms with Crippen molar-refractivity contribution in [1.82, 2.24) is 0 Å². The van der Waals surface area contributed by atoms with Crippen LogP contribution in [0.4, 0.5) is 0 Å². The summed E-state index contributed by atoms with van der Waals surface area (Å²) in [5, 5.41) is 9.62. The van der Waals surface area contributed by atoms with Crippen molar-refractivity contribution in [3.05, 3.63) is 53.0 Å². The predicted octanol–water partition coefficient (Wildman–Crippen LogP) is 3.47. The molecule has 3 nitrogen and oxygen atoms in total. The molecular formula is C16H22O3S. The Bertz CT molecular complexity index is 583. The van der Waals surface area contributed by atoms with Crippen molar-refractivity contribution >= 4 is 9.84 Å². The number of aliphatic hydroxyl groups is 1. The van der Waals surface area contributed by atoms with Crippen LogP contribution < -0.4 is 0 Å². The monoisotopic (exact) mass is 294 g/mol. The van der Waals surface area contributed by atoms with Gasteiger partial charge in [-0.15, -0.1) is 0 Å². The summed E-state index contributed by atoms with van der Waals surface area (Å²) < 4.78 is 24.5. The molecule has 0 aliphatic rings. The molecule has 0 bridgehead atoms. The topological polar surface area (TPSA) is 54.4 Å². The second-order valence-electron chi connectivity index (χ2n) is 4.74. The first-order valence-corrected chi connectivity index (χ1v) is 8.19. The third-order valence-corrected chi connectivity index (χ3v) is 5.14. The first-order chi connectivity index (χ1) is 9.39. The molecule has 4 heteroatoms. The summed E-state index contributed by atoms with van der Waals surface area (Å²) in [6.07, 6.45) is 4.25. The molecular weight excluding hydrogens is 272 g/mol. The molecule has 0 saturated carbocycles. The van der Waals surface area contributed by atoms with Gasteiger partial charge in [0.25, 0.3) is 0 Å². The quantitative estimate of drug-likeness (QED) is 0.817. The molecule has 1 aromatic rings. The minimum Gasteiger partial charge on any atom is -0.389 e. The van der Waals surface area contributed by atoms with E-state index in [4.69, 9.17) is 0 Å². The summed E-state index contributed by atoms with van der Waals surface area (Å²) in [6.45, 7) is 5.35. The Morgan fingerprint density at radius 3 is 2.35 bits per heavy atom. The van der Waals surface area contributed by atoms with Crippen LogP contribution in [0.3, 0.4) is 0 Å². The van der Waals surface area contributed by atoms with E-state index in [-0.39, 0.29) is 0 Å². The van der Waals surface area contributed by atoms with Crippen molar-refractivity contribution < 1.29 is 13.5 Å². The first-order valence-electron chi connectivity index (χ1n) is 6.71. The Kier molecular flexibility index (Phi) is 6.17. The lowest BCUT2D eigenvalue weighted by atomic mass is 10.1. The molecule has 0 aliphatic heterocycles. The third-order valence-electron chi connectivity index (χ3n) is 3.23. The van der Waals surface area contributed by atoms with E-state index >= 15 is 0 Å². The number of benzene rings is 1. The minimum absolute atomic E-state index is 0.308. The van der Waals surface area contributed by atoms with Crippen LogP contribution in [0.2, 0.25) is 0 Å². The first kappa shape index (κ1) is 16.7. The second-order valence-corrected chi connectivity index (χ2v) is 6.86. The maximum Gasteiger partial charge on any atom is 0.202 e. The number of allylic oxidation sites excluding steroid dienone is 3. The molecule has 0 aliphatic carbocycles. The second kappa shape index (κ2) is 7.41. The van der Waals surface area contributed by atoms with Gasteiger partial charge < -0.3 is 5.11 Å². The van der Waals surface area contributed by atoms with Crippen LogP contribution in [0.25, 0.3) is 0 Å². The minimum atomic E-state index is -3.39. The van der Waals surface area contributed by atoms with E-state index in [0.717, 1.165) is 5.57 Å². The van der Waals surface area contributed by atoms with Crippen LogP contribution in [0.15, 0.2) is 57.9 Å². The lowest BCUT2D eigenvalue weighted by molar-refractivity contribution is 0.206. The number of sulfone groups is 1. The van der Waals surface area contributed by atoms with Crippen LogP contribution in [0.1, 0.15) is 33.6 Å². The maximum atomic E-state index is 12.3. The Balaban J connectivity index is 2.85. The van der Waals surface area contributed by atoms with Crippen molar-refractivity contribution in [3.63, 3.8) is 0 Å². The molecule has 0 fully saturated rings. The fourth-order valence-corrected chi connectivity index (χ4v) is 2.97. The van der Waals surface area contributed by atoms with Crippen molar-refractivity contribution in [2.24, 2.45) is 0 Å². The summed E-state index contributed by atoms with van der Waals surface area (Å²) in [5.74, 6) is 0. The Labute approximate surface area is 121 Å². The molecule has 0 spiro atoms. The number of rotatable bonds is 6. The van der Waals surface area contributed by atoms with Gasteiger partial charge in [-0.05, 0) is 44.4 Å². The normalized spacial score (nSPS) is 15.2. The number of hydrogen-bond acceptors (Lipinski definition) is 3. The smallest absolute Gasteiger partial charge is 0.202 e. The van der Waals surface area contributed by atoms with Crippen molar-refractivity contribution in [1.29, 1.82) is 0 Å². The van der Waals surface area contributed by atoms with Crippen LogP contribution >= 0.6 is 0 Å². The molecule has 0 radical (unpaired) electrons. The molecule has 0 aromatic heterocycles. The van der Waals surface area contributed by atoms with Gasteiger partial charge in [-0.3, -0.25) is 0 Å². The SMILES string of the molecule is CCC(O)/C(C)=C\C/C=C(\C)S(=O)(=O)c1ccccc1. The summed E-state index contributed by atoms with van der Waals surface area (Å²) in [6, 6.07) is 8.39. The molecule has 1 aromatic carbocycles. The van der Waals surface area contributed by atoms with Gasteiger partial charge in [-0.25, -0.2) is 8.42 Å². The van der Waals surface area contributed by atoms with Gasteiger partial charge in [-0.1, -0.05) is 37.3 Å². The highest BCUT2D eigenvalue weighted by Gasteiger charge is 2.15. The standard InChI is InChI=1S/C16H22O3S/c1-4-16(17)13(2)9-8-10-14(3)20(18,19)15-11-6-5-7-12-15/h5-7,9-12,16-17H,4,8H2,1-3H3/b13-9-,14-10+. The third kappa shape index (κ3) is 4.32. The van der Waals surface area contributed by atoms with Crippen molar-refractivity contribution in [2.75, 3.05) is 0 Å². The van der Waals surface area contributed by atoms with E-state index in [2.05, 4.69) is 0 Å². The zero-order valence-corrected chi connectivity index (χ0v) is 13.0. The molecule has 1 N–H and O–H groups in total. The Morgan fingerprint density at radius 1 is 1.20 bits per heavy atom. The lowest BCUT2D eigenvalue weighted by Gasteiger charge is -2.07. The average molecular weight is 294 g/mol. The van der Waals surface area contributed by atoms with E-state index in [1.54, 1.807) is 43.3 Å². The Morgan fingerprint density at radius 2 is 1.80 bits per heavy atom. The van der Waals surface area contributed by atoms with Gasteiger partial charge in [0.05, 0.1) is 11.0 Å². The molecule has 110 valence electrons. The molecule has 1 rings (SSSR count). The summed E-state index contributed by atoms with van der Waals surface area (Å²) in [4.78, 5) is 0.641. The lowest BCUT2D eigenvalue weighted by Crippen LogP contribution is -2.05. The van der Waals surface area contributed by atoms with E-state index in [1.807, 2.05) is 19.9 Å². The van der Waals surface area contributed by atoms with Gasteiger partial charge in [-0.2, -0.15) is 0 Å². The Hall–Kier alpha value is -1.39. The van der Waals surface area contributed by atoms with Crippen LogP contribution in [-0.2, 0) is 9.84 Å². The molecule has 1 unspecified atom stereocenters. The highest BCUT2D eigenvalue weighted by atomic mass is 32.2. The fraction of sp³-hybridized carbons (Fsp3) is 0.375. The van der Waals surface area contributed by atoms with Gasteiger partial charge in [0.15, 0.2) is 0 Å². The number of aliphatic hydroxyl groups excluding tert-OH is 1. The zero-order chi connectivity index (χ0) is 15.2. The predicted molar refractivity (Wildman–Crippen MR) is 82.1 cm³/mol. The fourth-order valence-electron chi connectivity index (χ4n) is 1.76. The molecule has 1 atom stereocenters. The maximum absolute atomic E-state index is 12.3. The van der Waals surface area contributed by atoms with Crippen LogP contribution in [0, 0.1) is 0 Å². The van der Waals surface area contributed by atoms with E-state index in [9.17, 15) is 13.5 Å². The largest absolute Gasteiger partial charge is 0.389 e. The van der Waals surface area contributed by atoms with Crippen LogP contribution in [-0.4, -0.2) is 19.6 Å². The summed E-state index contributed by atoms with van der Waals surface area (Å²) >= 11 is 0. The van der Waals surface area contributed by atoms with Gasteiger partial charge in [0, 0.05) is 4.91 Å². The molecule has 0 saturated heterocycles. The van der Waals surface area contributed by atoms with E-state index < -0.39 is 15.9 Å². The van der Waals surface area contributed by atoms with Crippen molar-refractivity contribution in [3.8, 4) is 0 Å². The molecule has 0 amide bonds. The van der Waals surface area contributed by atoms with E-state index in [0.29, 0.717) is 22.6 Å².